The largest absolute Gasteiger partial charge is 0.493 e. The number of benzene rings is 2. The molecule has 2 atom stereocenters. The van der Waals surface area contributed by atoms with Gasteiger partial charge in [-0.15, -0.1) is 0 Å². The first-order valence-corrected chi connectivity index (χ1v) is 11.2. The molecule has 0 N–H and O–H groups in total. The number of carbonyl (C=O) groups excluding carboxylic acids is 1. The van der Waals surface area contributed by atoms with Gasteiger partial charge < -0.3 is 18.8 Å². The number of ether oxygens (including phenoxy) is 2. The zero-order valence-corrected chi connectivity index (χ0v) is 18.1. The molecule has 2 bridgehead atoms. The van der Waals surface area contributed by atoms with Crippen LogP contribution in [-0.4, -0.2) is 48.7 Å². The number of piperidine rings is 1. The standard InChI is InChI=1S/C25H27FN2O4/c1-30-24-12-16(8-10-29)2-7-22(24)31-11-9-28-19-4-5-20(28)14-17(13-19)25-21-6-3-18(26)15-23(21)32-27-25/h2-3,6-7,10,12,15,17,19-20H,4-5,8-9,11,13-14H2,1H3. The second kappa shape index (κ2) is 8.90. The molecule has 168 valence electrons. The van der Waals surface area contributed by atoms with Crippen molar-refractivity contribution in [2.24, 2.45) is 0 Å². The maximum Gasteiger partial charge on any atom is 0.170 e. The van der Waals surface area contributed by atoms with Gasteiger partial charge in [0.1, 0.15) is 18.7 Å². The van der Waals surface area contributed by atoms with Crippen molar-refractivity contribution in [2.45, 2.75) is 50.1 Å². The van der Waals surface area contributed by atoms with Crippen molar-refractivity contribution in [2.75, 3.05) is 20.3 Å². The van der Waals surface area contributed by atoms with Crippen LogP contribution in [0.25, 0.3) is 11.0 Å². The molecule has 32 heavy (non-hydrogen) atoms. The predicted octanol–water partition coefficient (Wildman–Crippen LogP) is 4.51. The lowest BCUT2D eigenvalue weighted by atomic mass is 9.87. The van der Waals surface area contributed by atoms with E-state index in [-0.39, 0.29) is 5.82 Å². The molecule has 2 aliphatic heterocycles. The number of rotatable bonds is 8. The normalized spacial score (nSPS) is 22.9. The van der Waals surface area contributed by atoms with Gasteiger partial charge in [0.2, 0.25) is 0 Å². The van der Waals surface area contributed by atoms with Gasteiger partial charge in [-0.2, -0.15) is 0 Å². The summed E-state index contributed by atoms with van der Waals surface area (Å²) in [6, 6.07) is 11.3. The highest BCUT2D eigenvalue weighted by Gasteiger charge is 2.42. The molecule has 5 rings (SSSR count). The molecule has 7 heteroatoms. The van der Waals surface area contributed by atoms with Crippen molar-refractivity contribution < 1.29 is 23.2 Å². The predicted molar refractivity (Wildman–Crippen MR) is 118 cm³/mol. The highest BCUT2D eigenvalue weighted by Crippen LogP contribution is 2.44. The quantitative estimate of drug-likeness (QED) is 0.483. The molecule has 0 amide bonds. The number of carbonyl (C=O) groups is 1. The fraction of sp³-hybridized carbons (Fsp3) is 0.440. The minimum atomic E-state index is -0.301. The SMILES string of the molecule is COc1cc(CC=O)ccc1OCCN1C2CCC1CC(c1noc3cc(F)ccc13)C2. The molecular formula is C25H27FN2O4. The molecule has 0 saturated carbocycles. The zero-order valence-electron chi connectivity index (χ0n) is 18.1. The number of hydrogen-bond acceptors (Lipinski definition) is 6. The number of nitrogens with zero attached hydrogens (tertiary/aromatic N) is 2. The summed E-state index contributed by atoms with van der Waals surface area (Å²) < 4.78 is 30.4. The Morgan fingerprint density at radius 2 is 1.97 bits per heavy atom. The first kappa shape index (κ1) is 20.9. The van der Waals surface area contributed by atoms with Gasteiger partial charge in [0.25, 0.3) is 0 Å². The summed E-state index contributed by atoms with van der Waals surface area (Å²) in [7, 11) is 1.61. The van der Waals surface area contributed by atoms with Crippen LogP contribution in [0.2, 0.25) is 0 Å². The van der Waals surface area contributed by atoms with E-state index >= 15 is 0 Å². The number of halogens is 1. The Bertz CT molecular complexity index is 1100. The van der Waals surface area contributed by atoms with Crippen LogP contribution in [0.15, 0.2) is 40.9 Å². The Morgan fingerprint density at radius 1 is 1.16 bits per heavy atom. The van der Waals surface area contributed by atoms with E-state index in [0.29, 0.717) is 48.1 Å². The number of methoxy groups -OCH3 is 1. The molecule has 6 nitrogen and oxygen atoms in total. The molecule has 1 aromatic heterocycles. The van der Waals surface area contributed by atoms with E-state index in [4.69, 9.17) is 14.0 Å². The van der Waals surface area contributed by atoms with Crippen molar-refractivity contribution in [3.63, 3.8) is 0 Å². The lowest BCUT2D eigenvalue weighted by Crippen LogP contribution is -2.44. The molecule has 2 fully saturated rings. The lowest BCUT2D eigenvalue weighted by molar-refractivity contribution is -0.107. The average Bonchev–Trinajstić information content (AvgIpc) is 3.31. The van der Waals surface area contributed by atoms with Crippen LogP contribution in [-0.2, 0) is 11.2 Å². The third-order valence-corrected chi connectivity index (χ3v) is 6.89. The summed E-state index contributed by atoms with van der Waals surface area (Å²) in [5, 5.41) is 5.23. The van der Waals surface area contributed by atoms with Crippen LogP contribution in [0.1, 0.15) is 42.9 Å². The van der Waals surface area contributed by atoms with Gasteiger partial charge >= 0.3 is 0 Å². The highest BCUT2D eigenvalue weighted by atomic mass is 19.1. The van der Waals surface area contributed by atoms with E-state index < -0.39 is 0 Å². The minimum Gasteiger partial charge on any atom is -0.493 e. The molecule has 2 unspecified atom stereocenters. The molecule has 3 heterocycles. The fourth-order valence-electron chi connectivity index (χ4n) is 5.40. The summed E-state index contributed by atoms with van der Waals surface area (Å²) >= 11 is 0. The molecule has 3 aromatic rings. The summed E-state index contributed by atoms with van der Waals surface area (Å²) in [5.74, 6) is 1.39. The fourth-order valence-corrected chi connectivity index (χ4v) is 5.40. The topological polar surface area (TPSA) is 64.8 Å². The molecule has 2 saturated heterocycles. The Kier molecular flexibility index (Phi) is 5.83. The zero-order chi connectivity index (χ0) is 22.1. The smallest absolute Gasteiger partial charge is 0.170 e. The van der Waals surface area contributed by atoms with Gasteiger partial charge in [0, 0.05) is 42.4 Å². The number of fused-ring (bicyclic) bond motifs is 3. The second-order valence-electron chi connectivity index (χ2n) is 8.70. The van der Waals surface area contributed by atoms with Gasteiger partial charge in [-0.1, -0.05) is 11.2 Å². The summed E-state index contributed by atoms with van der Waals surface area (Å²) in [5.41, 5.74) is 2.40. The first-order valence-electron chi connectivity index (χ1n) is 11.2. The maximum absolute atomic E-state index is 13.5. The average molecular weight is 438 g/mol. The minimum absolute atomic E-state index is 0.301. The Morgan fingerprint density at radius 3 is 2.72 bits per heavy atom. The molecule has 2 aliphatic rings. The van der Waals surface area contributed by atoms with E-state index in [0.717, 1.165) is 42.3 Å². The molecule has 2 aromatic carbocycles. The Balaban J connectivity index is 1.22. The maximum atomic E-state index is 13.5. The summed E-state index contributed by atoms with van der Waals surface area (Å²) in [6.45, 7) is 1.43. The van der Waals surface area contributed by atoms with Crippen molar-refractivity contribution in [1.82, 2.24) is 10.1 Å². The van der Waals surface area contributed by atoms with E-state index in [2.05, 4.69) is 10.1 Å². The van der Waals surface area contributed by atoms with Crippen molar-refractivity contribution in [3.05, 3.63) is 53.5 Å². The van der Waals surface area contributed by atoms with Gasteiger partial charge in [0.15, 0.2) is 17.1 Å². The van der Waals surface area contributed by atoms with Gasteiger partial charge in [0.05, 0.1) is 12.8 Å². The molecular weight excluding hydrogens is 411 g/mol. The highest BCUT2D eigenvalue weighted by molar-refractivity contribution is 5.80. The van der Waals surface area contributed by atoms with E-state index in [1.54, 1.807) is 13.2 Å². The lowest BCUT2D eigenvalue weighted by Gasteiger charge is -2.38. The van der Waals surface area contributed by atoms with Crippen LogP contribution in [0.4, 0.5) is 4.39 Å². The van der Waals surface area contributed by atoms with Gasteiger partial charge in [-0.05, 0) is 55.5 Å². The molecule has 0 radical (unpaired) electrons. The van der Waals surface area contributed by atoms with Crippen molar-refractivity contribution in [1.29, 1.82) is 0 Å². The summed E-state index contributed by atoms with van der Waals surface area (Å²) in [4.78, 5) is 13.3. The van der Waals surface area contributed by atoms with E-state index in [1.165, 1.54) is 25.0 Å². The third-order valence-electron chi connectivity index (χ3n) is 6.89. The van der Waals surface area contributed by atoms with Crippen LogP contribution >= 0.6 is 0 Å². The Labute approximate surface area is 186 Å². The Hall–Kier alpha value is -2.93. The van der Waals surface area contributed by atoms with Gasteiger partial charge in [-0.3, -0.25) is 4.90 Å². The van der Waals surface area contributed by atoms with Crippen LogP contribution < -0.4 is 9.47 Å². The summed E-state index contributed by atoms with van der Waals surface area (Å²) in [6.07, 6.45) is 5.66. The molecule has 0 spiro atoms. The number of aromatic nitrogens is 1. The van der Waals surface area contributed by atoms with Crippen molar-refractivity contribution in [3.8, 4) is 11.5 Å². The van der Waals surface area contributed by atoms with E-state index in [9.17, 15) is 9.18 Å². The van der Waals surface area contributed by atoms with Crippen LogP contribution in [0.5, 0.6) is 11.5 Å². The van der Waals surface area contributed by atoms with Crippen LogP contribution in [0.3, 0.4) is 0 Å². The third kappa shape index (κ3) is 3.97. The molecule has 0 aliphatic carbocycles. The van der Waals surface area contributed by atoms with E-state index in [1.807, 2.05) is 18.2 Å². The van der Waals surface area contributed by atoms with Crippen LogP contribution in [0, 0.1) is 5.82 Å². The second-order valence-corrected chi connectivity index (χ2v) is 8.70. The first-order chi connectivity index (χ1) is 15.7. The number of aldehydes is 1. The van der Waals surface area contributed by atoms with Crippen molar-refractivity contribution >= 4 is 17.3 Å². The number of hydrogen-bond donors (Lipinski definition) is 0. The van der Waals surface area contributed by atoms with Gasteiger partial charge in [-0.25, -0.2) is 4.39 Å². The monoisotopic (exact) mass is 438 g/mol.